The predicted molar refractivity (Wildman–Crippen MR) is 70.1 cm³/mol. The van der Waals surface area contributed by atoms with Crippen LogP contribution in [0.4, 0.5) is 0 Å². The number of fused-ring (bicyclic) bond motifs is 1. The molecule has 2 aromatic rings. The summed E-state index contributed by atoms with van der Waals surface area (Å²) in [6.07, 6.45) is 6.06. The Bertz CT molecular complexity index is 518. The van der Waals surface area contributed by atoms with E-state index < -0.39 is 0 Å². The molecule has 82 valence electrons. The molecule has 0 fully saturated rings. The molecule has 0 saturated carbocycles. The Labute approximate surface area is 102 Å². The fraction of sp³-hybridized carbons (Fsp3) is 0.250. The third kappa shape index (κ3) is 2.11. The third-order valence-electron chi connectivity index (χ3n) is 2.28. The van der Waals surface area contributed by atoms with Crippen molar-refractivity contribution in [2.75, 3.05) is 0 Å². The fourth-order valence-corrected chi connectivity index (χ4v) is 3.38. The Kier molecular flexibility index (Phi) is 3.28. The predicted octanol–water partition coefficient (Wildman–Crippen LogP) is 3.10. The molecule has 1 unspecified atom stereocenters. The normalized spacial score (nSPS) is 12.2. The van der Waals surface area contributed by atoms with Gasteiger partial charge in [-0.05, 0) is 23.9 Å². The molecular formula is C12H11NOS2. The number of nitrogens with one attached hydrogen (secondary N) is 1. The molecule has 0 saturated heterocycles. The number of carbonyl (C=O) groups excluding carboxylic acids is 1. The van der Waals surface area contributed by atoms with Crippen LogP contribution in [0.1, 0.15) is 23.0 Å². The first kappa shape index (κ1) is 11.2. The summed E-state index contributed by atoms with van der Waals surface area (Å²) in [5.41, 5.74) is 0. The SMILES string of the molecule is C#CC(CC)NC(=O)c1cc2sccc2s1. The first-order chi connectivity index (χ1) is 7.74. The van der Waals surface area contributed by atoms with Crippen molar-refractivity contribution in [1.82, 2.24) is 5.32 Å². The minimum absolute atomic E-state index is 0.0711. The van der Waals surface area contributed by atoms with Gasteiger partial charge in [0.15, 0.2) is 0 Å². The van der Waals surface area contributed by atoms with E-state index in [0.29, 0.717) is 0 Å². The molecule has 1 amide bonds. The van der Waals surface area contributed by atoms with Gasteiger partial charge in [-0.15, -0.1) is 29.1 Å². The summed E-state index contributed by atoms with van der Waals surface area (Å²) in [7, 11) is 0. The van der Waals surface area contributed by atoms with Crippen molar-refractivity contribution < 1.29 is 4.79 Å². The van der Waals surface area contributed by atoms with E-state index in [9.17, 15) is 4.79 Å². The van der Waals surface area contributed by atoms with Gasteiger partial charge < -0.3 is 5.32 Å². The average Bonchev–Trinajstić information content (AvgIpc) is 2.85. The molecule has 2 heterocycles. The van der Waals surface area contributed by atoms with E-state index in [4.69, 9.17) is 6.42 Å². The molecule has 1 atom stereocenters. The van der Waals surface area contributed by atoms with Crippen molar-refractivity contribution in [3.63, 3.8) is 0 Å². The number of carbonyl (C=O) groups is 1. The lowest BCUT2D eigenvalue weighted by Crippen LogP contribution is -2.32. The number of terminal acetylenes is 1. The summed E-state index contributed by atoms with van der Waals surface area (Å²) in [4.78, 5) is 12.6. The molecule has 2 rings (SSSR count). The van der Waals surface area contributed by atoms with Crippen LogP contribution < -0.4 is 5.32 Å². The summed E-state index contributed by atoms with van der Waals surface area (Å²) in [5, 5.41) is 4.85. The number of hydrogen-bond acceptors (Lipinski definition) is 3. The van der Waals surface area contributed by atoms with E-state index in [1.165, 1.54) is 11.3 Å². The lowest BCUT2D eigenvalue weighted by molar-refractivity contribution is 0.0949. The summed E-state index contributed by atoms with van der Waals surface area (Å²) >= 11 is 3.15. The second-order valence-electron chi connectivity index (χ2n) is 3.36. The van der Waals surface area contributed by atoms with E-state index >= 15 is 0 Å². The third-order valence-corrected chi connectivity index (χ3v) is 4.37. The summed E-state index contributed by atoms with van der Waals surface area (Å²) in [6.45, 7) is 1.96. The molecule has 0 spiro atoms. The van der Waals surface area contributed by atoms with E-state index in [0.717, 1.165) is 20.7 Å². The Hall–Kier alpha value is -1.31. The molecule has 0 aliphatic carbocycles. The Morgan fingerprint density at radius 1 is 1.62 bits per heavy atom. The largest absolute Gasteiger partial charge is 0.338 e. The highest BCUT2D eigenvalue weighted by Crippen LogP contribution is 2.29. The van der Waals surface area contributed by atoms with Crippen LogP contribution in [0, 0.1) is 12.3 Å². The standard InChI is InChI=1S/C12H11NOS2/c1-3-8(4-2)13-12(14)11-7-10-9(16-11)5-6-15-10/h1,5-8H,4H2,2H3,(H,13,14). The average molecular weight is 249 g/mol. The lowest BCUT2D eigenvalue weighted by atomic mass is 10.2. The zero-order valence-electron chi connectivity index (χ0n) is 8.82. The highest BCUT2D eigenvalue weighted by atomic mass is 32.1. The number of rotatable bonds is 3. The zero-order chi connectivity index (χ0) is 11.5. The van der Waals surface area contributed by atoms with Gasteiger partial charge in [0.1, 0.15) is 0 Å². The van der Waals surface area contributed by atoms with Gasteiger partial charge in [0.25, 0.3) is 5.91 Å². The van der Waals surface area contributed by atoms with Crippen molar-refractivity contribution in [2.24, 2.45) is 0 Å². The van der Waals surface area contributed by atoms with Crippen molar-refractivity contribution in [2.45, 2.75) is 19.4 Å². The second-order valence-corrected chi connectivity index (χ2v) is 5.39. The molecule has 0 radical (unpaired) electrons. The Balaban J connectivity index is 2.16. The van der Waals surface area contributed by atoms with Gasteiger partial charge in [-0.1, -0.05) is 12.8 Å². The molecule has 0 aromatic carbocycles. The van der Waals surface area contributed by atoms with Crippen LogP contribution in [-0.2, 0) is 0 Å². The molecular weight excluding hydrogens is 238 g/mol. The molecule has 1 N–H and O–H groups in total. The van der Waals surface area contributed by atoms with E-state index in [1.54, 1.807) is 11.3 Å². The first-order valence-corrected chi connectivity index (χ1v) is 6.68. The smallest absolute Gasteiger partial charge is 0.262 e. The van der Waals surface area contributed by atoms with Gasteiger partial charge in [-0.25, -0.2) is 0 Å². The van der Waals surface area contributed by atoms with Gasteiger partial charge in [0, 0.05) is 9.40 Å². The van der Waals surface area contributed by atoms with Gasteiger partial charge in [-0.3, -0.25) is 4.79 Å². The quantitative estimate of drug-likeness (QED) is 0.832. The van der Waals surface area contributed by atoms with E-state index in [2.05, 4.69) is 11.2 Å². The topological polar surface area (TPSA) is 29.1 Å². The van der Waals surface area contributed by atoms with Gasteiger partial charge >= 0.3 is 0 Å². The van der Waals surface area contributed by atoms with Crippen molar-refractivity contribution in [1.29, 1.82) is 0 Å². The molecule has 0 aliphatic rings. The van der Waals surface area contributed by atoms with Crippen molar-refractivity contribution >= 4 is 38.0 Å². The molecule has 4 heteroatoms. The minimum Gasteiger partial charge on any atom is -0.338 e. The Morgan fingerprint density at radius 2 is 2.44 bits per heavy atom. The van der Waals surface area contributed by atoms with Gasteiger partial charge in [-0.2, -0.15) is 0 Å². The van der Waals surface area contributed by atoms with Crippen LogP contribution in [0.5, 0.6) is 0 Å². The monoisotopic (exact) mass is 249 g/mol. The highest BCUT2D eigenvalue weighted by Gasteiger charge is 2.13. The van der Waals surface area contributed by atoms with Crippen molar-refractivity contribution in [3.8, 4) is 12.3 Å². The van der Waals surface area contributed by atoms with Crippen molar-refractivity contribution in [3.05, 3.63) is 22.4 Å². The molecule has 2 nitrogen and oxygen atoms in total. The van der Waals surface area contributed by atoms with E-state index in [1.807, 2.05) is 24.4 Å². The summed E-state index contributed by atoms with van der Waals surface area (Å²) in [6, 6.07) is 3.77. The zero-order valence-corrected chi connectivity index (χ0v) is 10.5. The number of amides is 1. The van der Waals surface area contributed by atoms with Crippen LogP contribution in [-0.4, -0.2) is 11.9 Å². The van der Waals surface area contributed by atoms with Gasteiger partial charge in [0.05, 0.1) is 10.9 Å². The summed E-state index contributed by atoms with van der Waals surface area (Å²) in [5.74, 6) is 2.48. The number of hydrogen-bond donors (Lipinski definition) is 1. The maximum atomic E-state index is 11.8. The summed E-state index contributed by atoms with van der Waals surface area (Å²) < 4.78 is 2.31. The van der Waals surface area contributed by atoms with Crippen LogP contribution in [0.3, 0.4) is 0 Å². The lowest BCUT2D eigenvalue weighted by Gasteiger charge is -2.08. The van der Waals surface area contributed by atoms with Crippen LogP contribution in [0.15, 0.2) is 17.5 Å². The maximum absolute atomic E-state index is 11.8. The van der Waals surface area contributed by atoms with Crippen LogP contribution in [0.2, 0.25) is 0 Å². The molecule has 2 aromatic heterocycles. The Morgan fingerprint density at radius 3 is 3.06 bits per heavy atom. The maximum Gasteiger partial charge on any atom is 0.262 e. The fourth-order valence-electron chi connectivity index (χ4n) is 1.37. The number of thiophene rings is 2. The molecule has 16 heavy (non-hydrogen) atoms. The van der Waals surface area contributed by atoms with Crippen LogP contribution in [0.25, 0.3) is 9.40 Å². The molecule has 0 aliphatic heterocycles. The first-order valence-electron chi connectivity index (χ1n) is 4.98. The van der Waals surface area contributed by atoms with Gasteiger partial charge in [0.2, 0.25) is 0 Å². The van der Waals surface area contributed by atoms with E-state index in [-0.39, 0.29) is 11.9 Å². The van der Waals surface area contributed by atoms with Crippen LogP contribution >= 0.6 is 22.7 Å². The highest BCUT2D eigenvalue weighted by molar-refractivity contribution is 7.27. The minimum atomic E-state index is -0.173. The molecule has 0 bridgehead atoms. The second kappa shape index (κ2) is 4.69.